The van der Waals surface area contributed by atoms with Crippen molar-refractivity contribution >= 4 is 48.6 Å². The lowest BCUT2D eigenvalue weighted by molar-refractivity contribution is 0.660. The number of rotatable bonds is 4. The first-order valence-electron chi connectivity index (χ1n) is 14.2. The highest BCUT2D eigenvalue weighted by atomic mass is 32.1. The molecular weight excluding hydrogens is 515 g/mol. The number of anilines is 3. The fourth-order valence-electron chi connectivity index (χ4n) is 6.63. The highest BCUT2D eigenvalue weighted by molar-refractivity contribution is 7.26. The predicted octanol–water partition coefficient (Wildman–Crippen LogP) is 11.5. The Kier molecular flexibility index (Phi) is 5.42. The molecule has 41 heavy (non-hydrogen) atoms. The van der Waals surface area contributed by atoms with Crippen molar-refractivity contribution in [1.82, 2.24) is 0 Å². The van der Waals surface area contributed by atoms with E-state index >= 15 is 0 Å². The molecule has 0 N–H and O–H groups in total. The molecule has 0 spiro atoms. The minimum absolute atomic E-state index is 0.0625. The van der Waals surface area contributed by atoms with Gasteiger partial charge in [0.25, 0.3) is 0 Å². The van der Waals surface area contributed by atoms with Crippen LogP contribution < -0.4 is 4.90 Å². The normalized spacial score (nSPS) is 13.3. The molecule has 0 fully saturated rings. The summed E-state index contributed by atoms with van der Waals surface area (Å²) in [5, 5.41) is 2.61. The topological polar surface area (TPSA) is 3.24 Å². The molecule has 0 atom stereocenters. The van der Waals surface area contributed by atoms with Gasteiger partial charge in [-0.3, -0.25) is 0 Å². The van der Waals surface area contributed by atoms with E-state index in [1.165, 1.54) is 64.9 Å². The van der Waals surface area contributed by atoms with Gasteiger partial charge in [0, 0.05) is 48.2 Å². The Morgan fingerprint density at radius 3 is 2.00 bits per heavy atom. The molecule has 8 rings (SSSR count). The second-order valence-electron chi connectivity index (χ2n) is 11.4. The van der Waals surface area contributed by atoms with Crippen LogP contribution in [0.1, 0.15) is 25.0 Å². The molecule has 7 aromatic rings. The van der Waals surface area contributed by atoms with Crippen LogP contribution in [0.2, 0.25) is 0 Å². The van der Waals surface area contributed by atoms with Gasteiger partial charge in [-0.05, 0) is 70.3 Å². The van der Waals surface area contributed by atoms with Crippen molar-refractivity contribution in [2.45, 2.75) is 19.3 Å². The monoisotopic (exact) mass is 543 g/mol. The molecule has 0 unspecified atom stereocenters. The van der Waals surface area contributed by atoms with Crippen LogP contribution in [0, 0.1) is 0 Å². The van der Waals surface area contributed by atoms with Crippen molar-refractivity contribution < 1.29 is 0 Å². The number of hydrogen-bond acceptors (Lipinski definition) is 2. The third kappa shape index (κ3) is 3.75. The van der Waals surface area contributed by atoms with Gasteiger partial charge in [0.1, 0.15) is 0 Å². The van der Waals surface area contributed by atoms with Crippen molar-refractivity contribution in [3.05, 3.63) is 151 Å². The standard InChI is InChI=1S/C39H29NS/c1-39(2)35-19-11-9-17-30(35)31-22-21-28(25-36(31)39)40(27-15-7-4-8-16-27)29-23-33(26-13-5-3-6-14-26)38-34(24-29)32-18-10-12-20-37(32)41-38/h3-25H,1-2H3. The van der Waals surface area contributed by atoms with Gasteiger partial charge in [0.05, 0.1) is 0 Å². The van der Waals surface area contributed by atoms with Crippen LogP contribution in [0.15, 0.2) is 140 Å². The third-order valence-electron chi connectivity index (χ3n) is 8.65. The van der Waals surface area contributed by atoms with Crippen molar-refractivity contribution in [3.63, 3.8) is 0 Å². The van der Waals surface area contributed by atoms with E-state index in [9.17, 15) is 0 Å². The third-order valence-corrected chi connectivity index (χ3v) is 9.87. The van der Waals surface area contributed by atoms with Gasteiger partial charge in [0.15, 0.2) is 0 Å². The van der Waals surface area contributed by atoms with Crippen LogP contribution in [-0.4, -0.2) is 0 Å². The van der Waals surface area contributed by atoms with Crippen LogP contribution in [0.4, 0.5) is 17.1 Å². The van der Waals surface area contributed by atoms with Crippen LogP contribution in [0.3, 0.4) is 0 Å². The molecule has 0 saturated carbocycles. The van der Waals surface area contributed by atoms with Gasteiger partial charge >= 0.3 is 0 Å². The van der Waals surface area contributed by atoms with Gasteiger partial charge in [-0.25, -0.2) is 0 Å². The van der Waals surface area contributed by atoms with E-state index < -0.39 is 0 Å². The zero-order valence-electron chi connectivity index (χ0n) is 23.1. The lowest BCUT2D eigenvalue weighted by atomic mass is 9.82. The maximum absolute atomic E-state index is 2.43. The summed E-state index contributed by atoms with van der Waals surface area (Å²) < 4.78 is 2.65. The fourth-order valence-corrected chi connectivity index (χ4v) is 7.85. The molecule has 6 aromatic carbocycles. The summed E-state index contributed by atoms with van der Waals surface area (Å²) in [5.74, 6) is 0. The largest absolute Gasteiger partial charge is 0.310 e. The first-order chi connectivity index (χ1) is 20.1. The van der Waals surface area contributed by atoms with E-state index in [1.54, 1.807) is 0 Å². The van der Waals surface area contributed by atoms with Crippen molar-refractivity contribution in [1.29, 1.82) is 0 Å². The fraction of sp³-hybridized carbons (Fsp3) is 0.0769. The minimum Gasteiger partial charge on any atom is -0.310 e. The summed E-state index contributed by atoms with van der Waals surface area (Å²) in [6, 6.07) is 51.1. The summed E-state index contributed by atoms with van der Waals surface area (Å²) in [6.45, 7) is 4.71. The van der Waals surface area contributed by atoms with Gasteiger partial charge in [-0.1, -0.05) is 111 Å². The number of nitrogens with zero attached hydrogens (tertiary/aromatic N) is 1. The summed E-state index contributed by atoms with van der Waals surface area (Å²) in [6.07, 6.45) is 0. The van der Waals surface area contributed by atoms with E-state index in [2.05, 4.69) is 158 Å². The van der Waals surface area contributed by atoms with E-state index in [0.717, 1.165) is 5.69 Å². The first-order valence-corrected chi connectivity index (χ1v) is 15.0. The van der Waals surface area contributed by atoms with Crippen molar-refractivity contribution in [3.8, 4) is 22.3 Å². The van der Waals surface area contributed by atoms with Crippen molar-refractivity contribution in [2.24, 2.45) is 0 Å². The molecule has 1 aliphatic rings. The average molecular weight is 544 g/mol. The number of thiophene rings is 1. The Balaban J connectivity index is 1.40. The molecular formula is C39H29NS. The summed E-state index contributed by atoms with van der Waals surface area (Å²) in [5.41, 5.74) is 11.4. The Morgan fingerprint density at radius 1 is 0.488 bits per heavy atom. The number of fused-ring (bicyclic) bond motifs is 6. The van der Waals surface area contributed by atoms with Crippen LogP contribution in [-0.2, 0) is 5.41 Å². The van der Waals surface area contributed by atoms with Gasteiger partial charge < -0.3 is 4.90 Å². The second-order valence-corrected chi connectivity index (χ2v) is 12.5. The van der Waals surface area contributed by atoms with Gasteiger partial charge in [0.2, 0.25) is 0 Å². The van der Waals surface area contributed by atoms with Crippen LogP contribution in [0.5, 0.6) is 0 Å². The molecule has 0 aliphatic heterocycles. The first kappa shape index (κ1) is 24.2. The molecule has 1 aromatic heterocycles. The molecule has 1 heterocycles. The van der Waals surface area contributed by atoms with E-state index in [1.807, 2.05) is 11.3 Å². The predicted molar refractivity (Wildman–Crippen MR) is 177 cm³/mol. The summed E-state index contributed by atoms with van der Waals surface area (Å²) >= 11 is 1.89. The Bertz CT molecular complexity index is 2070. The smallest absolute Gasteiger partial charge is 0.0475 e. The molecule has 0 bridgehead atoms. The SMILES string of the molecule is CC1(C)c2ccccc2-c2ccc(N(c3ccccc3)c3cc(-c4ccccc4)c4sc5ccccc5c4c3)cc21. The zero-order valence-corrected chi connectivity index (χ0v) is 24.0. The Hall–Kier alpha value is -4.66. The summed E-state index contributed by atoms with van der Waals surface area (Å²) in [4.78, 5) is 2.43. The highest BCUT2D eigenvalue weighted by Gasteiger charge is 2.35. The Labute approximate surface area is 245 Å². The Morgan fingerprint density at radius 2 is 1.17 bits per heavy atom. The lowest BCUT2D eigenvalue weighted by Crippen LogP contribution is -2.16. The second kappa shape index (κ2) is 9.19. The molecule has 1 nitrogen and oxygen atoms in total. The maximum atomic E-state index is 2.43. The molecule has 196 valence electrons. The van der Waals surface area contributed by atoms with Gasteiger partial charge in [-0.15, -0.1) is 11.3 Å². The maximum Gasteiger partial charge on any atom is 0.0475 e. The van der Waals surface area contributed by atoms with Crippen LogP contribution in [0.25, 0.3) is 42.4 Å². The summed E-state index contributed by atoms with van der Waals surface area (Å²) in [7, 11) is 0. The number of hydrogen-bond donors (Lipinski definition) is 0. The van der Waals surface area contributed by atoms with E-state index in [4.69, 9.17) is 0 Å². The number of benzene rings is 6. The molecule has 0 saturated heterocycles. The van der Waals surface area contributed by atoms with E-state index in [0.29, 0.717) is 0 Å². The molecule has 1 aliphatic carbocycles. The van der Waals surface area contributed by atoms with Crippen LogP contribution >= 0.6 is 11.3 Å². The number of para-hydroxylation sites is 1. The minimum atomic E-state index is -0.0625. The lowest BCUT2D eigenvalue weighted by Gasteiger charge is -2.28. The van der Waals surface area contributed by atoms with Crippen molar-refractivity contribution in [2.75, 3.05) is 4.90 Å². The zero-order chi connectivity index (χ0) is 27.6. The molecule has 0 radical (unpaired) electrons. The molecule has 0 amide bonds. The molecule has 2 heteroatoms. The van der Waals surface area contributed by atoms with E-state index in [-0.39, 0.29) is 5.41 Å². The van der Waals surface area contributed by atoms with Gasteiger partial charge in [-0.2, -0.15) is 0 Å². The quantitative estimate of drug-likeness (QED) is 0.213. The highest BCUT2D eigenvalue weighted by Crippen LogP contribution is 2.51. The average Bonchev–Trinajstić information content (AvgIpc) is 3.50.